The van der Waals surface area contributed by atoms with E-state index in [1.54, 1.807) is 23.2 Å². The third kappa shape index (κ3) is 3.29. The van der Waals surface area contributed by atoms with Crippen LogP contribution in [0.15, 0.2) is 63.0 Å². The summed E-state index contributed by atoms with van der Waals surface area (Å²) in [4.78, 5) is 16.6. The molecule has 0 spiro atoms. The Morgan fingerprint density at radius 2 is 2.03 bits per heavy atom. The zero-order valence-corrected chi connectivity index (χ0v) is 17.9. The van der Waals surface area contributed by atoms with Gasteiger partial charge in [-0.15, -0.1) is 16.4 Å². The molecule has 3 aromatic heterocycles. The molecular weight excluding hydrogens is 468 g/mol. The molecular formula is C20H13BrN6O2S. The predicted octanol–water partition coefficient (Wildman–Crippen LogP) is 4.86. The first-order valence-corrected chi connectivity index (χ1v) is 10.6. The van der Waals surface area contributed by atoms with Crippen molar-refractivity contribution in [1.29, 1.82) is 0 Å². The minimum absolute atomic E-state index is 0.240. The van der Waals surface area contributed by atoms with Gasteiger partial charge in [-0.25, -0.2) is 9.67 Å². The number of nitrogens with one attached hydrogen (secondary N) is 1. The molecule has 0 unspecified atom stereocenters. The Labute approximate surface area is 182 Å². The van der Waals surface area contributed by atoms with Gasteiger partial charge >= 0.3 is 0 Å². The number of thiazole rings is 1. The molecule has 5 aromatic rings. The topological polar surface area (TPSA) is 98.7 Å². The van der Waals surface area contributed by atoms with Gasteiger partial charge in [-0.1, -0.05) is 26.3 Å². The van der Waals surface area contributed by atoms with Crippen LogP contribution >= 0.6 is 27.3 Å². The maximum atomic E-state index is 12.5. The van der Waals surface area contributed by atoms with Crippen LogP contribution in [0.1, 0.15) is 16.2 Å². The van der Waals surface area contributed by atoms with Crippen molar-refractivity contribution in [2.24, 2.45) is 0 Å². The molecule has 1 N–H and O–H groups in total. The number of halogens is 1. The van der Waals surface area contributed by atoms with Crippen LogP contribution in [0.25, 0.3) is 27.9 Å². The number of carbonyl (C=O) groups excluding carboxylic acids is 1. The second-order valence-electron chi connectivity index (χ2n) is 6.45. The Morgan fingerprint density at radius 3 is 2.80 bits per heavy atom. The Hall–Kier alpha value is -3.37. The minimum atomic E-state index is -0.352. The number of hydrogen-bond acceptors (Lipinski definition) is 7. The normalized spacial score (nSPS) is 11.1. The van der Waals surface area contributed by atoms with Gasteiger partial charge in [0.1, 0.15) is 5.52 Å². The summed E-state index contributed by atoms with van der Waals surface area (Å²) >= 11 is 4.78. The molecule has 5 rings (SSSR count). The number of nitrogens with zero attached hydrogens (tertiary/aromatic N) is 5. The monoisotopic (exact) mass is 480 g/mol. The summed E-state index contributed by atoms with van der Waals surface area (Å²) in [6.45, 7) is 1.80. The lowest BCUT2D eigenvalue weighted by atomic mass is 10.1. The molecule has 1 amide bonds. The number of aromatic nitrogens is 5. The summed E-state index contributed by atoms with van der Waals surface area (Å²) in [6.07, 6.45) is 1.63. The molecule has 0 aliphatic rings. The first-order chi connectivity index (χ1) is 14.6. The maximum absolute atomic E-state index is 12.5. The van der Waals surface area contributed by atoms with Crippen LogP contribution in [0.4, 0.5) is 5.13 Å². The Morgan fingerprint density at radius 1 is 1.20 bits per heavy atom. The summed E-state index contributed by atoms with van der Waals surface area (Å²) in [5.74, 6) is 0.314. The van der Waals surface area contributed by atoms with E-state index < -0.39 is 0 Å². The summed E-state index contributed by atoms with van der Waals surface area (Å²) in [6, 6.07) is 13.4. The van der Waals surface area contributed by atoms with Gasteiger partial charge in [-0.3, -0.25) is 10.1 Å². The van der Waals surface area contributed by atoms with Gasteiger partial charge in [-0.2, -0.15) is 0 Å². The first-order valence-electron chi connectivity index (χ1n) is 8.89. The standard InChI is InChI=1S/C20H13BrN6O2S/c1-11-17(19(28)23-20-22-8-9-30-20)24-26-27(11)14-6-7-16-15(10-14)18(29-25-16)12-2-4-13(21)5-3-12/h2-10H,1H3,(H,22,23,28). The second-order valence-corrected chi connectivity index (χ2v) is 8.26. The molecule has 0 saturated heterocycles. The lowest BCUT2D eigenvalue weighted by Gasteiger charge is -2.04. The average Bonchev–Trinajstić information content (AvgIpc) is 3.48. The molecule has 30 heavy (non-hydrogen) atoms. The van der Waals surface area contributed by atoms with E-state index in [0.29, 0.717) is 16.6 Å². The Bertz CT molecular complexity index is 1360. The summed E-state index contributed by atoms with van der Waals surface area (Å²) < 4.78 is 8.19. The number of anilines is 1. The predicted molar refractivity (Wildman–Crippen MR) is 117 cm³/mol. The number of amides is 1. The Balaban J connectivity index is 1.52. The van der Waals surface area contributed by atoms with Crippen LogP contribution in [0, 0.1) is 6.92 Å². The fourth-order valence-electron chi connectivity index (χ4n) is 3.10. The summed E-state index contributed by atoms with van der Waals surface area (Å²) in [7, 11) is 0. The highest BCUT2D eigenvalue weighted by molar-refractivity contribution is 9.10. The molecule has 148 valence electrons. The van der Waals surface area contributed by atoms with Crippen molar-refractivity contribution in [2.75, 3.05) is 5.32 Å². The van der Waals surface area contributed by atoms with E-state index in [1.165, 1.54) is 11.3 Å². The molecule has 0 saturated carbocycles. The zero-order chi connectivity index (χ0) is 20.7. The highest BCUT2D eigenvalue weighted by Crippen LogP contribution is 2.31. The van der Waals surface area contributed by atoms with Gasteiger partial charge in [-0.05, 0) is 49.4 Å². The van der Waals surface area contributed by atoms with Gasteiger partial charge in [0.25, 0.3) is 5.91 Å². The minimum Gasteiger partial charge on any atom is -0.355 e. The molecule has 8 nitrogen and oxygen atoms in total. The number of carbonyl (C=O) groups is 1. The smallest absolute Gasteiger partial charge is 0.279 e. The van der Waals surface area contributed by atoms with Gasteiger partial charge in [0.2, 0.25) is 0 Å². The number of rotatable bonds is 4. The largest absolute Gasteiger partial charge is 0.355 e. The number of hydrogen-bond donors (Lipinski definition) is 1. The number of benzene rings is 2. The average molecular weight is 481 g/mol. The maximum Gasteiger partial charge on any atom is 0.279 e. The summed E-state index contributed by atoms with van der Waals surface area (Å²) in [5, 5.41) is 18.3. The SMILES string of the molecule is Cc1c(C(=O)Nc2nccs2)nnn1-c1ccc2noc(-c3ccc(Br)cc3)c2c1. The number of fused-ring (bicyclic) bond motifs is 1. The van der Waals surface area contributed by atoms with Gasteiger partial charge < -0.3 is 4.52 Å². The van der Waals surface area contributed by atoms with Crippen LogP contribution in [-0.2, 0) is 0 Å². The molecule has 0 aliphatic heterocycles. The van der Waals surface area contributed by atoms with Gasteiger partial charge in [0.15, 0.2) is 16.6 Å². The van der Waals surface area contributed by atoms with Crippen LogP contribution in [0.2, 0.25) is 0 Å². The van der Waals surface area contributed by atoms with Crippen molar-refractivity contribution in [3.8, 4) is 17.0 Å². The van der Waals surface area contributed by atoms with Crippen molar-refractivity contribution in [2.45, 2.75) is 6.92 Å². The van der Waals surface area contributed by atoms with E-state index >= 15 is 0 Å². The summed E-state index contributed by atoms with van der Waals surface area (Å²) in [5.41, 5.74) is 3.25. The molecule has 0 bridgehead atoms. The zero-order valence-electron chi connectivity index (χ0n) is 15.5. The fourth-order valence-corrected chi connectivity index (χ4v) is 3.88. The van der Waals surface area contributed by atoms with Crippen molar-refractivity contribution >= 4 is 49.2 Å². The third-order valence-corrected chi connectivity index (χ3v) is 5.79. The molecule has 0 atom stereocenters. The molecule has 0 fully saturated rings. The van der Waals surface area contributed by atoms with E-state index in [0.717, 1.165) is 26.6 Å². The highest BCUT2D eigenvalue weighted by atomic mass is 79.9. The quantitative estimate of drug-likeness (QED) is 0.394. The third-order valence-electron chi connectivity index (χ3n) is 4.57. The van der Waals surface area contributed by atoms with Crippen LogP contribution < -0.4 is 5.32 Å². The lowest BCUT2D eigenvalue weighted by molar-refractivity contribution is 0.102. The van der Waals surface area contributed by atoms with E-state index in [2.05, 4.69) is 41.7 Å². The van der Waals surface area contributed by atoms with Crippen molar-refractivity contribution in [3.63, 3.8) is 0 Å². The molecule has 0 radical (unpaired) electrons. The van der Waals surface area contributed by atoms with E-state index in [-0.39, 0.29) is 11.6 Å². The molecule has 3 heterocycles. The van der Waals surface area contributed by atoms with Crippen LogP contribution in [0.5, 0.6) is 0 Å². The lowest BCUT2D eigenvalue weighted by Crippen LogP contribution is -2.14. The molecule has 2 aromatic carbocycles. The van der Waals surface area contributed by atoms with E-state index in [4.69, 9.17) is 4.52 Å². The van der Waals surface area contributed by atoms with E-state index in [1.807, 2.05) is 42.5 Å². The Kier molecular flexibility index (Phi) is 4.64. The van der Waals surface area contributed by atoms with Crippen LogP contribution in [-0.4, -0.2) is 31.0 Å². The molecule has 10 heteroatoms. The highest BCUT2D eigenvalue weighted by Gasteiger charge is 2.19. The van der Waals surface area contributed by atoms with Crippen molar-refractivity contribution in [1.82, 2.24) is 25.1 Å². The van der Waals surface area contributed by atoms with Gasteiger partial charge in [0.05, 0.1) is 16.8 Å². The van der Waals surface area contributed by atoms with E-state index in [9.17, 15) is 4.79 Å². The first kappa shape index (κ1) is 18.6. The van der Waals surface area contributed by atoms with Crippen LogP contribution in [0.3, 0.4) is 0 Å². The van der Waals surface area contributed by atoms with Gasteiger partial charge in [0, 0.05) is 21.6 Å². The molecule has 0 aliphatic carbocycles. The fraction of sp³-hybridized carbons (Fsp3) is 0.0500. The second kappa shape index (κ2) is 7.47. The van der Waals surface area contributed by atoms with Crippen molar-refractivity contribution in [3.05, 3.63) is 69.9 Å². The van der Waals surface area contributed by atoms with Crippen molar-refractivity contribution < 1.29 is 9.32 Å².